The zero-order valence-electron chi connectivity index (χ0n) is 11.8. The fraction of sp³-hybridized carbons (Fsp3) is 0.400. The zero-order valence-corrected chi connectivity index (χ0v) is 12.6. The van der Waals surface area contributed by atoms with Gasteiger partial charge in [-0.15, -0.1) is 12.4 Å². The second-order valence-electron chi connectivity index (χ2n) is 5.21. The second kappa shape index (κ2) is 6.73. The van der Waals surface area contributed by atoms with E-state index in [4.69, 9.17) is 5.73 Å². The van der Waals surface area contributed by atoms with Crippen molar-refractivity contribution >= 4 is 12.4 Å². The van der Waals surface area contributed by atoms with Gasteiger partial charge in [0.05, 0.1) is 6.20 Å². The molecule has 19 heavy (non-hydrogen) atoms. The predicted octanol–water partition coefficient (Wildman–Crippen LogP) is 3.40. The van der Waals surface area contributed by atoms with E-state index in [9.17, 15) is 0 Å². The quantitative estimate of drug-likeness (QED) is 0.932. The zero-order chi connectivity index (χ0) is 13.1. The molecule has 0 spiro atoms. The molecule has 0 saturated heterocycles. The molecule has 0 fully saturated rings. The lowest BCUT2D eigenvalue weighted by Gasteiger charge is -2.07. The van der Waals surface area contributed by atoms with E-state index < -0.39 is 0 Å². The van der Waals surface area contributed by atoms with Crippen LogP contribution in [0.2, 0.25) is 0 Å². The number of aromatic nitrogens is 2. The molecule has 0 bridgehead atoms. The van der Waals surface area contributed by atoms with Crippen molar-refractivity contribution in [3.8, 4) is 11.1 Å². The van der Waals surface area contributed by atoms with Gasteiger partial charge in [-0.1, -0.05) is 37.6 Å². The number of rotatable bonds is 4. The summed E-state index contributed by atoms with van der Waals surface area (Å²) in [6.45, 7) is 7.98. The van der Waals surface area contributed by atoms with Crippen LogP contribution in [0.5, 0.6) is 0 Å². The van der Waals surface area contributed by atoms with Gasteiger partial charge in [-0.05, 0) is 24.0 Å². The molecule has 0 radical (unpaired) electrons. The van der Waals surface area contributed by atoms with Crippen LogP contribution in [0, 0.1) is 12.8 Å². The van der Waals surface area contributed by atoms with Gasteiger partial charge in [0.15, 0.2) is 0 Å². The fourth-order valence-electron chi connectivity index (χ4n) is 2.15. The average Bonchev–Trinajstić information content (AvgIpc) is 2.76. The molecule has 1 heterocycles. The lowest BCUT2D eigenvalue weighted by atomic mass is 10.0. The summed E-state index contributed by atoms with van der Waals surface area (Å²) in [7, 11) is 0. The van der Waals surface area contributed by atoms with Crippen LogP contribution in [-0.4, -0.2) is 9.78 Å². The molecular weight excluding hydrogens is 258 g/mol. The van der Waals surface area contributed by atoms with Gasteiger partial charge in [-0.25, -0.2) is 0 Å². The van der Waals surface area contributed by atoms with Crippen LogP contribution in [0.3, 0.4) is 0 Å². The van der Waals surface area contributed by atoms with Gasteiger partial charge in [0.25, 0.3) is 0 Å². The fourth-order valence-corrected chi connectivity index (χ4v) is 2.15. The molecule has 0 atom stereocenters. The average molecular weight is 280 g/mol. The Hall–Kier alpha value is -1.32. The number of nitrogens with zero attached hydrogens (tertiary/aromatic N) is 2. The highest BCUT2D eigenvalue weighted by atomic mass is 35.5. The van der Waals surface area contributed by atoms with Crippen LogP contribution in [-0.2, 0) is 13.1 Å². The van der Waals surface area contributed by atoms with Gasteiger partial charge in [0.2, 0.25) is 0 Å². The summed E-state index contributed by atoms with van der Waals surface area (Å²) in [5, 5.41) is 4.41. The van der Waals surface area contributed by atoms with Crippen molar-refractivity contribution in [1.29, 1.82) is 0 Å². The Balaban J connectivity index is 0.00000180. The van der Waals surface area contributed by atoms with Crippen molar-refractivity contribution in [2.75, 3.05) is 0 Å². The van der Waals surface area contributed by atoms with Crippen molar-refractivity contribution in [3.63, 3.8) is 0 Å². The lowest BCUT2D eigenvalue weighted by Crippen LogP contribution is -2.04. The van der Waals surface area contributed by atoms with E-state index in [1.54, 1.807) is 0 Å². The summed E-state index contributed by atoms with van der Waals surface area (Å²) < 4.78 is 2.00. The summed E-state index contributed by atoms with van der Waals surface area (Å²) in [6.07, 6.45) is 4.02. The minimum Gasteiger partial charge on any atom is -0.326 e. The molecule has 1 aromatic carbocycles. The SMILES string of the molecule is Cc1ccc(-c2cnn(CC(C)C)c2)c(CN)c1.Cl. The first kappa shape index (κ1) is 15.7. The molecule has 1 aromatic heterocycles. The maximum absolute atomic E-state index is 5.82. The molecular formula is C15H22ClN3. The molecule has 2 N–H and O–H groups in total. The van der Waals surface area contributed by atoms with E-state index >= 15 is 0 Å². The molecule has 3 nitrogen and oxygen atoms in total. The smallest absolute Gasteiger partial charge is 0.0568 e. The summed E-state index contributed by atoms with van der Waals surface area (Å²) in [5.41, 5.74) is 10.6. The Morgan fingerprint density at radius 3 is 2.68 bits per heavy atom. The Bertz CT molecular complexity index is 532. The van der Waals surface area contributed by atoms with Crippen LogP contribution in [0.25, 0.3) is 11.1 Å². The monoisotopic (exact) mass is 279 g/mol. The first-order valence-corrected chi connectivity index (χ1v) is 6.42. The highest BCUT2D eigenvalue weighted by Crippen LogP contribution is 2.24. The molecule has 0 aliphatic carbocycles. The van der Waals surface area contributed by atoms with E-state index in [-0.39, 0.29) is 12.4 Å². The molecule has 0 amide bonds. The number of hydrogen-bond donors (Lipinski definition) is 1. The predicted molar refractivity (Wildman–Crippen MR) is 82.4 cm³/mol. The Labute approximate surface area is 121 Å². The summed E-state index contributed by atoms with van der Waals surface area (Å²) in [4.78, 5) is 0. The molecule has 0 aliphatic rings. The van der Waals surface area contributed by atoms with Gasteiger partial charge in [-0.3, -0.25) is 4.68 Å². The van der Waals surface area contributed by atoms with Crippen LogP contribution >= 0.6 is 12.4 Å². The summed E-state index contributed by atoms with van der Waals surface area (Å²) in [6, 6.07) is 6.40. The summed E-state index contributed by atoms with van der Waals surface area (Å²) in [5.74, 6) is 0.602. The number of benzene rings is 1. The highest BCUT2D eigenvalue weighted by Gasteiger charge is 2.07. The normalized spacial score (nSPS) is 10.6. The Morgan fingerprint density at radius 1 is 1.32 bits per heavy atom. The van der Waals surface area contributed by atoms with Crippen molar-refractivity contribution in [2.45, 2.75) is 33.9 Å². The van der Waals surface area contributed by atoms with Crippen LogP contribution in [0.4, 0.5) is 0 Å². The van der Waals surface area contributed by atoms with Gasteiger partial charge >= 0.3 is 0 Å². The number of nitrogens with two attached hydrogens (primary N) is 1. The van der Waals surface area contributed by atoms with Gasteiger partial charge < -0.3 is 5.73 Å². The highest BCUT2D eigenvalue weighted by molar-refractivity contribution is 5.85. The van der Waals surface area contributed by atoms with E-state index in [1.165, 1.54) is 16.7 Å². The Morgan fingerprint density at radius 2 is 2.05 bits per heavy atom. The number of halogens is 1. The molecule has 0 saturated carbocycles. The van der Waals surface area contributed by atoms with Crippen molar-refractivity contribution in [3.05, 3.63) is 41.7 Å². The van der Waals surface area contributed by atoms with Crippen molar-refractivity contribution in [1.82, 2.24) is 9.78 Å². The number of aryl methyl sites for hydroxylation is 1. The molecule has 4 heteroatoms. The van der Waals surface area contributed by atoms with Crippen LogP contribution in [0.15, 0.2) is 30.6 Å². The first-order valence-electron chi connectivity index (χ1n) is 6.42. The molecule has 2 aromatic rings. The minimum atomic E-state index is 0. The largest absolute Gasteiger partial charge is 0.326 e. The van der Waals surface area contributed by atoms with Crippen molar-refractivity contribution < 1.29 is 0 Å². The number of hydrogen-bond acceptors (Lipinski definition) is 2. The third-order valence-electron chi connectivity index (χ3n) is 2.98. The second-order valence-corrected chi connectivity index (χ2v) is 5.21. The molecule has 104 valence electrons. The van der Waals surface area contributed by atoms with Gasteiger partial charge in [0, 0.05) is 24.8 Å². The lowest BCUT2D eigenvalue weighted by molar-refractivity contribution is 0.483. The maximum atomic E-state index is 5.82. The molecule has 0 aliphatic heterocycles. The molecule has 2 rings (SSSR count). The minimum absolute atomic E-state index is 0. The van der Waals surface area contributed by atoms with E-state index in [1.807, 2.05) is 10.9 Å². The Kier molecular flexibility index (Phi) is 5.58. The van der Waals surface area contributed by atoms with Gasteiger partial charge in [0.1, 0.15) is 0 Å². The van der Waals surface area contributed by atoms with Crippen molar-refractivity contribution in [2.24, 2.45) is 11.7 Å². The van der Waals surface area contributed by atoms with E-state index in [0.29, 0.717) is 12.5 Å². The third kappa shape index (κ3) is 3.82. The summed E-state index contributed by atoms with van der Waals surface area (Å²) >= 11 is 0. The third-order valence-corrected chi connectivity index (χ3v) is 2.98. The van der Waals surface area contributed by atoms with Crippen LogP contribution in [0.1, 0.15) is 25.0 Å². The molecule has 0 unspecified atom stereocenters. The van der Waals surface area contributed by atoms with E-state index in [2.05, 4.69) is 50.3 Å². The topological polar surface area (TPSA) is 43.8 Å². The van der Waals surface area contributed by atoms with Gasteiger partial charge in [-0.2, -0.15) is 5.10 Å². The van der Waals surface area contributed by atoms with E-state index in [0.717, 1.165) is 12.1 Å². The van der Waals surface area contributed by atoms with Crippen LogP contribution < -0.4 is 5.73 Å². The standard InChI is InChI=1S/C15H21N3.ClH/c1-11(2)9-18-10-14(8-17-18)15-5-4-12(3)6-13(15)7-16;/h4-6,8,10-11H,7,9,16H2,1-3H3;1H. The maximum Gasteiger partial charge on any atom is 0.0568 e. The first-order chi connectivity index (χ1) is 8.60.